The predicted octanol–water partition coefficient (Wildman–Crippen LogP) is -0.167. The van der Waals surface area contributed by atoms with Crippen LogP contribution in [0.15, 0.2) is 0 Å². The number of carbonyl (C=O) groups excluding carboxylic acids is 1. The van der Waals surface area contributed by atoms with Crippen molar-refractivity contribution in [3.63, 3.8) is 0 Å². The maximum absolute atomic E-state index is 11.3. The molecule has 0 radical (unpaired) electrons. The first-order valence-corrected chi connectivity index (χ1v) is 6.12. The zero-order chi connectivity index (χ0) is 14.5. The van der Waals surface area contributed by atoms with Crippen LogP contribution in [0.1, 0.15) is 20.8 Å². The number of rotatable bonds is 0. The number of halogens is 1. The lowest BCUT2D eigenvalue weighted by atomic mass is 10.2. The third-order valence-corrected chi connectivity index (χ3v) is 2.09. The van der Waals surface area contributed by atoms with Gasteiger partial charge in [-0.1, -0.05) is 0 Å². The van der Waals surface area contributed by atoms with Crippen LogP contribution in [0.25, 0.3) is 0 Å². The smallest absolute Gasteiger partial charge is 0.434 e. The summed E-state index contributed by atoms with van der Waals surface area (Å²) in [7, 11) is 0. The van der Waals surface area contributed by atoms with E-state index in [0.717, 1.165) is 5.06 Å². The van der Waals surface area contributed by atoms with Gasteiger partial charge in [-0.15, -0.1) is 12.4 Å². The second-order valence-corrected chi connectivity index (χ2v) is 5.30. The molecule has 120 valence electrons. The minimum atomic E-state index is -0.604. The van der Waals surface area contributed by atoms with E-state index in [4.69, 9.17) is 19.8 Å². The van der Waals surface area contributed by atoms with Crippen molar-refractivity contribution in [2.24, 2.45) is 0 Å². The fourth-order valence-electron chi connectivity index (χ4n) is 1.28. The molecule has 2 rings (SSSR count). The molecule has 3 N–H and O–H groups in total. The van der Waals surface area contributed by atoms with Gasteiger partial charge in [-0.05, 0) is 20.8 Å². The molecule has 2 heterocycles. The van der Waals surface area contributed by atoms with Crippen molar-refractivity contribution in [1.29, 1.82) is 0 Å². The number of hydroxylamine groups is 3. The number of β-amino-alcohol motifs (C(OH)–C–C–N with tert-alkyl or cyclic N) is 2. The number of ether oxygens (including phenoxy) is 1. The summed E-state index contributed by atoms with van der Waals surface area (Å²) in [6.07, 6.45) is -1.44. The number of nitrogens with zero attached hydrogens (tertiary/aromatic N) is 1. The Labute approximate surface area is 124 Å². The lowest BCUT2D eigenvalue weighted by Crippen LogP contribution is -2.35. The fourth-order valence-corrected chi connectivity index (χ4v) is 1.28. The third kappa shape index (κ3) is 7.83. The molecule has 0 aromatic heterocycles. The van der Waals surface area contributed by atoms with Gasteiger partial charge in [0.15, 0.2) is 0 Å². The summed E-state index contributed by atoms with van der Waals surface area (Å²) in [5, 5.41) is 18.7. The predicted molar refractivity (Wildman–Crippen MR) is 72.1 cm³/mol. The molecule has 0 aromatic rings. The zero-order valence-corrected chi connectivity index (χ0v) is 12.7. The van der Waals surface area contributed by atoms with Crippen molar-refractivity contribution < 1.29 is 29.4 Å². The van der Waals surface area contributed by atoms with Crippen molar-refractivity contribution in [3.05, 3.63) is 0 Å². The number of hydrogen-bond acceptors (Lipinski definition) is 7. The first-order chi connectivity index (χ1) is 8.78. The molecule has 9 heteroatoms. The molecule has 2 aliphatic heterocycles. The number of aliphatic hydroxyl groups excluding tert-OH is 2. The molecule has 2 atom stereocenters. The van der Waals surface area contributed by atoms with Gasteiger partial charge in [0.2, 0.25) is 0 Å². The second-order valence-electron chi connectivity index (χ2n) is 5.30. The van der Waals surface area contributed by atoms with E-state index >= 15 is 0 Å². The Hall–Kier alpha value is -0.640. The van der Waals surface area contributed by atoms with Gasteiger partial charge in [-0.25, -0.2) is 4.79 Å². The van der Waals surface area contributed by atoms with Crippen LogP contribution in [0.5, 0.6) is 0 Å². The molecule has 20 heavy (non-hydrogen) atoms. The highest BCUT2D eigenvalue weighted by atomic mass is 35.5. The van der Waals surface area contributed by atoms with Gasteiger partial charge in [0.05, 0.1) is 19.3 Å². The molecular formula is C11H23ClN2O6. The van der Waals surface area contributed by atoms with Crippen LogP contribution in [0.3, 0.4) is 0 Å². The topological polar surface area (TPSA) is 100 Å². The Kier molecular flexibility index (Phi) is 8.33. The average Bonchev–Trinajstić information content (AvgIpc) is 2.88. The molecule has 8 nitrogen and oxygen atoms in total. The largest absolute Gasteiger partial charge is 0.442 e. The Morgan fingerprint density at radius 3 is 2.25 bits per heavy atom. The van der Waals surface area contributed by atoms with Crippen LogP contribution in [0.4, 0.5) is 4.79 Å². The summed E-state index contributed by atoms with van der Waals surface area (Å²) < 4.78 is 5.02. The van der Waals surface area contributed by atoms with Gasteiger partial charge in [-0.2, -0.15) is 10.5 Å². The van der Waals surface area contributed by atoms with E-state index in [1.165, 1.54) is 0 Å². The number of hydrogen-bond donors (Lipinski definition) is 3. The summed E-state index contributed by atoms with van der Waals surface area (Å²) >= 11 is 0. The van der Waals surface area contributed by atoms with Crippen LogP contribution >= 0.6 is 12.4 Å². The number of carbonyl (C=O) groups is 1. The summed E-state index contributed by atoms with van der Waals surface area (Å²) in [5.41, 5.74) is 1.99. The summed E-state index contributed by atoms with van der Waals surface area (Å²) in [6, 6.07) is 0. The average molecular weight is 315 g/mol. The standard InChI is InChI=1S/C8H15NO4.C3H7NO2.ClH/c1-8(2,3)13-7(11)9-4-6(10)5-12-9;5-3-1-4-6-2-3;/h6,10H,4-5H2,1-3H3;3-5H,1-2H2;1H. The van der Waals surface area contributed by atoms with Gasteiger partial charge >= 0.3 is 6.09 Å². The number of aliphatic hydroxyl groups is 2. The van der Waals surface area contributed by atoms with Crippen molar-refractivity contribution >= 4 is 18.5 Å². The van der Waals surface area contributed by atoms with Gasteiger partial charge in [0, 0.05) is 6.54 Å². The zero-order valence-electron chi connectivity index (χ0n) is 11.9. The van der Waals surface area contributed by atoms with Crippen LogP contribution < -0.4 is 5.48 Å². The summed E-state index contributed by atoms with van der Waals surface area (Å²) in [5.74, 6) is 0. The van der Waals surface area contributed by atoms with Crippen molar-refractivity contribution in [3.8, 4) is 0 Å². The van der Waals surface area contributed by atoms with E-state index in [2.05, 4.69) is 10.3 Å². The second kappa shape index (κ2) is 8.60. The van der Waals surface area contributed by atoms with Crippen LogP contribution in [0.2, 0.25) is 0 Å². The normalized spacial score (nSPS) is 25.6. The van der Waals surface area contributed by atoms with E-state index in [0.29, 0.717) is 13.2 Å². The minimum absolute atomic E-state index is 0. The van der Waals surface area contributed by atoms with Gasteiger partial charge in [0.1, 0.15) is 18.3 Å². The Morgan fingerprint density at radius 2 is 1.95 bits per heavy atom. The molecule has 2 fully saturated rings. The molecule has 0 bridgehead atoms. The first-order valence-electron chi connectivity index (χ1n) is 6.12. The van der Waals surface area contributed by atoms with Crippen LogP contribution in [-0.4, -0.2) is 65.5 Å². The van der Waals surface area contributed by atoms with Gasteiger partial charge < -0.3 is 14.9 Å². The molecule has 2 aliphatic rings. The molecule has 0 aliphatic carbocycles. The third-order valence-electron chi connectivity index (χ3n) is 2.09. The maximum atomic E-state index is 11.3. The lowest BCUT2D eigenvalue weighted by molar-refractivity contribution is -0.107. The van der Waals surface area contributed by atoms with Crippen LogP contribution in [-0.2, 0) is 14.4 Å². The Morgan fingerprint density at radius 1 is 1.30 bits per heavy atom. The maximum Gasteiger partial charge on any atom is 0.434 e. The van der Waals surface area contributed by atoms with Gasteiger partial charge in [-0.3, -0.25) is 9.68 Å². The van der Waals surface area contributed by atoms with Gasteiger partial charge in [0.25, 0.3) is 0 Å². The Balaban J connectivity index is 0.000000434. The summed E-state index contributed by atoms with van der Waals surface area (Å²) in [4.78, 5) is 20.7. The highest BCUT2D eigenvalue weighted by Gasteiger charge is 2.29. The van der Waals surface area contributed by atoms with E-state index in [1.54, 1.807) is 20.8 Å². The van der Waals surface area contributed by atoms with Crippen LogP contribution in [0, 0.1) is 0 Å². The van der Waals surface area contributed by atoms with E-state index in [-0.39, 0.29) is 31.7 Å². The molecule has 2 unspecified atom stereocenters. The monoisotopic (exact) mass is 314 g/mol. The fraction of sp³-hybridized carbons (Fsp3) is 0.909. The van der Waals surface area contributed by atoms with E-state index in [1.807, 2.05) is 0 Å². The van der Waals surface area contributed by atoms with Crippen molar-refractivity contribution in [2.75, 3.05) is 26.3 Å². The SMILES string of the molecule is CC(C)(C)OC(=O)N1CC(O)CO1.Cl.OC1CNOC1. The summed E-state index contributed by atoms with van der Waals surface area (Å²) in [6.45, 7) is 6.65. The number of amides is 1. The van der Waals surface area contributed by atoms with E-state index < -0.39 is 17.8 Å². The molecule has 1 amide bonds. The molecule has 0 spiro atoms. The molecule has 0 saturated carbocycles. The molecule has 2 saturated heterocycles. The molecular weight excluding hydrogens is 292 g/mol. The number of nitrogens with one attached hydrogen (secondary N) is 1. The highest BCUT2D eigenvalue weighted by Crippen LogP contribution is 2.13. The molecule has 0 aromatic carbocycles. The van der Waals surface area contributed by atoms with E-state index in [9.17, 15) is 4.79 Å². The highest BCUT2D eigenvalue weighted by molar-refractivity contribution is 5.85. The Bertz CT molecular complexity index is 293. The lowest BCUT2D eigenvalue weighted by Gasteiger charge is -2.22. The van der Waals surface area contributed by atoms with Crippen molar-refractivity contribution in [2.45, 2.75) is 38.6 Å². The minimum Gasteiger partial charge on any atom is -0.442 e. The van der Waals surface area contributed by atoms with Crippen molar-refractivity contribution in [1.82, 2.24) is 10.5 Å². The first kappa shape index (κ1) is 19.4. The quantitative estimate of drug-likeness (QED) is 0.571.